The number of piperidine rings is 1. The van der Waals surface area contributed by atoms with E-state index in [1.165, 1.54) is 19.4 Å². The number of nitrogens with zero attached hydrogens (tertiary/aromatic N) is 1. The Balaban J connectivity index is 1.56. The summed E-state index contributed by atoms with van der Waals surface area (Å²) in [6.07, 6.45) is 4.96. The van der Waals surface area contributed by atoms with Gasteiger partial charge in [0.15, 0.2) is 0 Å². The Morgan fingerprint density at radius 1 is 1.41 bits per heavy atom. The van der Waals surface area contributed by atoms with E-state index < -0.39 is 0 Å². The van der Waals surface area contributed by atoms with Crippen LogP contribution in [-0.2, 0) is 9.53 Å². The van der Waals surface area contributed by atoms with Gasteiger partial charge in [-0.25, -0.2) is 0 Å². The van der Waals surface area contributed by atoms with Crippen molar-refractivity contribution in [2.45, 2.75) is 44.2 Å². The largest absolute Gasteiger partial charge is 0.363 e. The number of nitrogens with one attached hydrogen (secondary N) is 1. The van der Waals surface area contributed by atoms with Gasteiger partial charge in [-0.05, 0) is 38.5 Å². The van der Waals surface area contributed by atoms with Gasteiger partial charge >= 0.3 is 0 Å². The molecule has 3 aliphatic rings. The van der Waals surface area contributed by atoms with E-state index in [9.17, 15) is 4.79 Å². The third-order valence-corrected chi connectivity index (χ3v) is 4.57. The highest BCUT2D eigenvalue weighted by Gasteiger charge is 2.44. The molecule has 1 N–H and O–H groups in total. The molecule has 0 radical (unpaired) electrons. The number of ether oxygens (including phenoxy) is 1. The standard InChI is InChI=1S/C13H22N2O2/c1-10-13(17-9-12(16)14-10)4-6-15(7-5-13)8-11-2-3-11/h10-11H,2-9H2,1H3,(H,14,16)/t10-/m1/s1. The third-order valence-electron chi connectivity index (χ3n) is 4.57. The number of carbonyl (C=O) groups excluding carboxylic acids is 1. The predicted molar refractivity (Wildman–Crippen MR) is 64.7 cm³/mol. The molecule has 1 saturated carbocycles. The molecule has 0 unspecified atom stereocenters. The van der Waals surface area contributed by atoms with Crippen molar-refractivity contribution in [3.8, 4) is 0 Å². The lowest BCUT2D eigenvalue weighted by molar-refractivity contribution is -0.159. The van der Waals surface area contributed by atoms with Crippen LogP contribution < -0.4 is 5.32 Å². The van der Waals surface area contributed by atoms with E-state index in [0.29, 0.717) is 0 Å². The number of hydrogen-bond acceptors (Lipinski definition) is 3. The summed E-state index contributed by atoms with van der Waals surface area (Å²) < 4.78 is 5.86. The van der Waals surface area contributed by atoms with Crippen molar-refractivity contribution in [3.05, 3.63) is 0 Å². The van der Waals surface area contributed by atoms with Crippen LogP contribution in [0.1, 0.15) is 32.6 Å². The fourth-order valence-corrected chi connectivity index (χ4v) is 3.11. The minimum Gasteiger partial charge on any atom is -0.363 e. The smallest absolute Gasteiger partial charge is 0.246 e. The molecular weight excluding hydrogens is 216 g/mol. The summed E-state index contributed by atoms with van der Waals surface area (Å²) in [5, 5.41) is 3.03. The number of hydrogen-bond donors (Lipinski definition) is 1. The van der Waals surface area contributed by atoms with Crippen molar-refractivity contribution >= 4 is 5.91 Å². The van der Waals surface area contributed by atoms with Crippen LogP contribution in [0.25, 0.3) is 0 Å². The van der Waals surface area contributed by atoms with E-state index in [0.717, 1.165) is 31.8 Å². The van der Waals surface area contributed by atoms with Gasteiger partial charge in [-0.15, -0.1) is 0 Å². The van der Waals surface area contributed by atoms with Crippen molar-refractivity contribution in [2.24, 2.45) is 5.92 Å². The van der Waals surface area contributed by atoms with Gasteiger partial charge in [-0.3, -0.25) is 4.79 Å². The van der Waals surface area contributed by atoms with Crippen LogP contribution in [0.2, 0.25) is 0 Å². The van der Waals surface area contributed by atoms with Crippen LogP contribution in [0.4, 0.5) is 0 Å². The normalized spacial score (nSPS) is 33.7. The van der Waals surface area contributed by atoms with E-state index in [4.69, 9.17) is 4.74 Å². The number of rotatable bonds is 2. The van der Waals surface area contributed by atoms with Crippen LogP contribution >= 0.6 is 0 Å². The molecule has 0 aromatic carbocycles. The van der Waals surface area contributed by atoms with E-state index in [1.54, 1.807) is 0 Å². The van der Waals surface area contributed by atoms with Gasteiger partial charge in [0.25, 0.3) is 0 Å². The molecule has 17 heavy (non-hydrogen) atoms. The Labute approximate surface area is 103 Å². The van der Waals surface area contributed by atoms with Gasteiger partial charge in [0.1, 0.15) is 6.61 Å². The quantitative estimate of drug-likeness (QED) is 0.772. The van der Waals surface area contributed by atoms with Crippen molar-refractivity contribution in [2.75, 3.05) is 26.2 Å². The summed E-state index contributed by atoms with van der Waals surface area (Å²) in [6, 6.07) is 0.159. The molecule has 96 valence electrons. The van der Waals surface area contributed by atoms with Gasteiger partial charge in [0.05, 0.1) is 11.6 Å². The molecule has 4 nitrogen and oxygen atoms in total. The molecule has 2 saturated heterocycles. The second-order valence-electron chi connectivity index (χ2n) is 5.89. The fraction of sp³-hybridized carbons (Fsp3) is 0.923. The first-order valence-electron chi connectivity index (χ1n) is 6.84. The molecule has 4 heteroatoms. The number of morpholine rings is 1. The van der Waals surface area contributed by atoms with Crippen molar-refractivity contribution in [3.63, 3.8) is 0 Å². The van der Waals surface area contributed by atoms with Crippen LogP contribution in [0.3, 0.4) is 0 Å². The zero-order valence-corrected chi connectivity index (χ0v) is 10.6. The first-order chi connectivity index (χ1) is 8.18. The van der Waals surface area contributed by atoms with E-state index in [-0.39, 0.29) is 24.2 Å². The molecule has 2 aliphatic heterocycles. The average Bonchev–Trinajstić information content (AvgIpc) is 3.11. The number of carbonyl (C=O) groups is 1. The molecular formula is C13H22N2O2. The van der Waals surface area contributed by atoms with E-state index >= 15 is 0 Å². The first kappa shape index (κ1) is 11.5. The Bertz CT molecular complexity index is 307. The maximum Gasteiger partial charge on any atom is 0.246 e. The molecule has 1 aliphatic carbocycles. The first-order valence-corrected chi connectivity index (χ1v) is 6.84. The highest BCUT2D eigenvalue weighted by atomic mass is 16.5. The molecule has 0 bridgehead atoms. The van der Waals surface area contributed by atoms with Gasteiger partial charge in [0.2, 0.25) is 5.91 Å². The van der Waals surface area contributed by atoms with Gasteiger partial charge in [0, 0.05) is 19.6 Å². The molecule has 3 rings (SSSR count). The maximum atomic E-state index is 11.3. The molecule has 1 atom stereocenters. The molecule has 0 aromatic heterocycles. The Morgan fingerprint density at radius 3 is 2.71 bits per heavy atom. The van der Waals surface area contributed by atoms with Gasteiger partial charge in [-0.2, -0.15) is 0 Å². The van der Waals surface area contributed by atoms with Crippen LogP contribution in [0, 0.1) is 5.92 Å². The topological polar surface area (TPSA) is 41.6 Å². The lowest BCUT2D eigenvalue weighted by Crippen LogP contribution is -2.62. The molecule has 3 fully saturated rings. The zero-order valence-electron chi connectivity index (χ0n) is 10.6. The lowest BCUT2D eigenvalue weighted by atomic mass is 9.83. The molecule has 2 heterocycles. The molecule has 0 aromatic rings. The lowest BCUT2D eigenvalue weighted by Gasteiger charge is -2.47. The van der Waals surface area contributed by atoms with Gasteiger partial charge in [-0.1, -0.05) is 0 Å². The average molecular weight is 238 g/mol. The Hall–Kier alpha value is -0.610. The summed E-state index contributed by atoms with van der Waals surface area (Å²) in [4.78, 5) is 13.8. The number of amides is 1. The summed E-state index contributed by atoms with van der Waals surface area (Å²) in [7, 11) is 0. The SMILES string of the molecule is C[C@H]1NC(=O)COC12CCN(CC1CC1)CC2. The van der Waals surface area contributed by atoms with Crippen molar-refractivity contribution in [1.82, 2.24) is 10.2 Å². The molecule has 1 spiro atoms. The molecule has 1 amide bonds. The van der Waals surface area contributed by atoms with Crippen molar-refractivity contribution < 1.29 is 9.53 Å². The predicted octanol–water partition coefficient (Wildman–Crippen LogP) is 0.766. The second-order valence-corrected chi connectivity index (χ2v) is 5.89. The minimum absolute atomic E-state index is 0.0311. The summed E-state index contributed by atoms with van der Waals surface area (Å²) in [5.41, 5.74) is -0.0893. The fourth-order valence-electron chi connectivity index (χ4n) is 3.11. The monoisotopic (exact) mass is 238 g/mol. The maximum absolute atomic E-state index is 11.3. The van der Waals surface area contributed by atoms with Crippen LogP contribution in [0.15, 0.2) is 0 Å². The Morgan fingerprint density at radius 2 is 2.12 bits per heavy atom. The number of likely N-dealkylation sites (tertiary alicyclic amines) is 1. The summed E-state index contributed by atoms with van der Waals surface area (Å²) in [5.74, 6) is 0.997. The van der Waals surface area contributed by atoms with Gasteiger partial charge < -0.3 is 15.0 Å². The van der Waals surface area contributed by atoms with Crippen LogP contribution in [-0.4, -0.2) is 48.7 Å². The zero-order chi connectivity index (χ0) is 11.9. The van der Waals surface area contributed by atoms with Crippen LogP contribution in [0.5, 0.6) is 0 Å². The second kappa shape index (κ2) is 4.25. The summed E-state index contributed by atoms with van der Waals surface area (Å²) in [6.45, 7) is 5.84. The summed E-state index contributed by atoms with van der Waals surface area (Å²) >= 11 is 0. The minimum atomic E-state index is -0.0893. The van der Waals surface area contributed by atoms with E-state index in [1.807, 2.05) is 0 Å². The highest BCUT2D eigenvalue weighted by molar-refractivity contribution is 5.78. The van der Waals surface area contributed by atoms with Crippen molar-refractivity contribution in [1.29, 1.82) is 0 Å². The highest BCUT2D eigenvalue weighted by Crippen LogP contribution is 2.35. The van der Waals surface area contributed by atoms with E-state index in [2.05, 4.69) is 17.1 Å². The third kappa shape index (κ3) is 2.33. The Kier molecular flexibility index (Phi) is 2.87.